The predicted molar refractivity (Wildman–Crippen MR) is 118 cm³/mol. The van der Waals surface area contributed by atoms with Crippen LogP contribution in [-0.2, 0) is 4.74 Å². The van der Waals surface area contributed by atoms with Crippen molar-refractivity contribution in [2.45, 2.75) is 26.3 Å². The number of aromatic amines is 1. The Morgan fingerprint density at radius 2 is 2.00 bits per heavy atom. The van der Waals surface area contributed by atoms with Gasteiger partial charge in [-0.05, 0) is 55.2 Å². The van der Waals surface area contributed by atoms with Gasteiger partial charge in [-0.25, -0.2) is 0 Å². The third kappa shape index (κ3) is 3.65. The minimum Gasteiger partial charge on any atom is -0.507 e. The van der Waals surface area contributed by atoms with Gasteiger partial charge in [-0.2, -0.15) is 5.10 Å². The Morgan fingerprint density at radius 3 is 2.74 bits per heavy atom. The zero-order valence-corrected chi connectivity index (χ0v) is 18.2. The first-order chi connectivity index (χ1) is 15.0. The highest BCUT2D eigenvalue weighted by Gasteiger charge is 2.42. The summed E-state index contributed by atoms with van der Waals surface area (Å²) >= 11 is 0. The molecule has 1 atom stereocenters. The fourth-order valence-electron chi connectivity index (χ4n) is 4.31. The summed E-state index contributed by atoms with van der Waals surface area (Å²) in [5, 5.41) is 18.2. The average molecular weight is 421 g/mol. The molecule has 1 amide bonds. The molecule has 162 valence electrons. The van der Waals surface area contributed by atoms with E-state index in [0.29, 0.717) is 36.5 Å². The van der Waals surface area contributed by atoms with Crippen LogP contribution in [0.3, 0.4) is 0 Å². The molecule has 1 aromatic heterocycles. The van der Waals surface area contributed by atoms with Crippen LogP contribution in [0.5, 0.6) is 11.5 Å². The fraction of sp³-hybridized carbons (Fsp3) is 0.333. The van der Waals surface area contributed by atoms with E-state index in [4.69, 9.17) is 9.47 Å². The first kappa shape index (κ1) is 20.9. The number of aryl methyl sites for hydroxylation is 2. The van der Waals surface area contributed by atoms with Crippen molar-refractivity contribution in [1.82, 2.24) is 15.1 Å². The molecule has 2 N–H and O–H groups in total. The number of ether oxygens (including phenoxy) is 2. The summed E-state index contributed by atoms with van der Waals surface area (Å²) in [6, 6.07) is 11.2. The lowest BCUT2D eigenvalue weighted by molar-refractivity contribution is 0.0723. The third-order valence-electron chi connectivity index (χ3n) is 5.72. The number of aromatic nitrogens is 2. The highest BCUT2D eigenvalue weighted by atomic mass is 16.5. The summed E-state index contributed by atoms with van der Waals surface area (Å²) in [7, 11) is 3.27. The molecule has 1 unspecified atom stereocenters. The minimum absolute atomic E-state index is 0.110. The Hall–Kier alpha value is -3.32. The molecule has 4 rings (SSSR count). The second kappa shape index (κ2) is 8.43. The van der Waals surface area contributed by atoms with Crippen LogP contribution in [0.15, 0.2) is 36.4 Å². The summed E-state index contributed by atoms with van der Waals surface area (Å²) in [5.74, 6) is 0.783. The molecule has 2 aromatic carbocycles. The maximum Gasteiger partial charge on any atom is 0.273 e. The van der Waals surface area contributed by atoms with Crippen LogP contribution in [0.2, 0.25) is 0 Å². The highest BCUT2D eigenvalue weighted by Crippen LogP contribution is 2.45. The molecular weight excluding hydrogens is 394 g/mol. The van der Waals surface area contributed by atoms with Gasteiger partial charge in [0.25, 0.3) is 5.91 Å². The number of rotatable bonds is 7. The smallest absolute Gasteiger partial charge is 0.273 e. The fourth-order valence-corrected chi connectivity index (χ4v) is 4.31. The zero-order chi connectivity index (χ0) is 22.1. The quantitative estimate of drug-likeness (QED) is 0.563. The van der Waals surface area contributed by atoms with Crippen LogP contribution >= 0.6 is 0 Å². The number of phenolic OH excluding ortho intramolecular Hbond substituents is 1. The Balaban J connectivity index is 1.88. The summed E-state index contributed by atoms with van der Waals surface area (Å²) in [6.45, 7) is 4.94. The number of carbonyl (C=O) groups is 1. The standard InChI is InChI=1S/C24H27N3O4/c1-14-11-15(2)23(28)18(12-14)20-19-21(26-25-20)24(29)27(9-6-10-30-3)22(19)16-7-5-8-17(13-16)31-4/h5,7-8,11-13,22,28H,6,9-10H2,1-4H3,(H,25,26). The van der Waals surface area contributed by atoms with Crippen LogP contribution in [0.1, 0.15) is 45.2 Å². The summed E-state index contributed by atoms with van der Waals surface area (Å²) < 4.78 is 10.6. The van der Waals surface area contributed by atoms with Gasteiger partial charge in [0.2, 0.25) is 0 Å². The van der Waals surface area contributed by atoms with E-state index in [-0.39, 0.29) is 17.7 Å². The second-order valence-electron chi connectivity index (χ2n) is 7.86. The Labute approximate surface area is 181 Å². The van der Waals surface area contributed by atoms with Crippen molar-refractivity contribution in [2.24, 2.45) is 0 Å². The van der Waals surface area contributed by atoms with Crippen molar-refractivity contribution < 1.29 is 19.4 Å². The van der Waals surface area contributed by atoms with E-state index in [1.54, 1.807) is 14.2 Å². The lowest BCUT2D eigenvalue weighted by Gasteiger charge is -2.26. The third-order valence-corrected chi connectivity index (χ3v) is 5.72. The number of fused-ring (bicyclic) bond motifs is 1. The molecule has 0 aliphatic carbocycles. The van der Waals surface area contributed by atoms with Crippen molar-refractivity contribution >= 4 is 5.91 Å². The monoisotopic (exact) mass is 421 g/mol. The van der Waals surface area contributed by atoms with Crippen LogP contribution in [-0.4, -0.2) is 53.5 Å². The van der Waals surface area contributed by atoms with Crippen LogP contribution < -0.4 is 4.74 Å². The van der Waals surface area contributed by atoms with E-state index in [9.17, 15) is 9.90 Å². The highest BCUT2D eigenvalue weighted by molar-refractivity contribution is 6.00. The molecule has 2 heterocycles. The van der Waals surface area contributed by atoms with E-state index in [1.165, 1.54) is 0 Å². The summed E-state index contributed by atoms with van der Waals surface area (Å²) in [4.78, 5) is 15.1. The lowest BCUT2D eigenvalue weighted by Crippen LogP contribution is -2.31. The van der Waals surface area contributed by atoms with E-state index in [1.807, 2.05) is 55.1 Å². The van der Waals surface area contributed by atoms with E-state index in [0.717, 1.165) is 28.0 Å². The lowest BCUT2D eigenvalue weighted by atomic mass is 9.94. The van der Waals surface area contributed by atoms with Gasteiger partial charge in [0.05, 0.1) is 13.2 Å². The molecule has 1 aliphatic rings. The van der Waals surface area contributed by atoms with Gasteiger partial charge in [-0.15, -0.1) is 0 Å². The topological polar surface area (TPSA) is 87.7 Å². The SMILES string of the molecule is COCCCN1C(=O)c2[nH]nc(-c3cc(C)cc(C)c3O)c2C1c1cccc(OC)c1. The zero-order valence-electron chi connectivity index (χ0n) is 18.2. The number of H-pyrrole nitrogens is 1. The van der Waals surface area contributed by atoms with Crippen LogP contribution in [0, 0.1) is 13.8 Å². The van der Waals surface area contributed by atoms with Crippen molar-refractivity contribution in [1.29, 1.82) is 0 Å². The van der Waals surface area contributed by atoms with Gasteiger partial charge in [0, 0.05) is 31.4 Å². The Morgan fingerprint density at radius 1 is 1.19 bits per heavy atom. The number of methoxy groups -OCH3 is 2. The summed E-state index contributed by atoms with van der Waals surface area (Å²) in [6.07, 6.45) is 0.713. The normalized spacial score (nSPS) is 15.4. The molecule has 0 bridgehead atoms. The number of phenols is 1. The van der Waals surface area contributed by atoms with Gasteiger partial charge in [-0.3, -0.25) is 9.89 Å². The van der Waals surface area contributed by atoms with Gasteiger partial charge in [-0.1, -0.05) is 18.2 Å². The number of hydrogen-bond donors (Lipinski definition) is 2. The largest absolute Gasteiger partial charge is 0.507 e. The maximum absolute atomic E-state index is 13.3. The van der Waals surface area contributed by atoms with Gasteiger partial charge >= 0.3 is 0 Å². The average Bonchev–Trinajstić information content (AvgIpc) is 3.30. The number of carbonyl (C=O) groups excluding carboxylic acids is 1. The van der Waals surface area contributed by atoms with E-state index < -0.39 is 0 Å². The van der Waals surface area contributed by atoms with Crippen molar-refractivity contribution in [2.75, 3.05) is 27.4 Å². The molecule has 0 spiro atoms. The molecule has 31 heavy (non-hydrogen) atoms. The van der Waals surface area contributed by atoms with Crippen molar-refractivity contribution in [3.63, 3.8) is 0 Å². The molecule has 3 aromatic rings. The van der Waals surface area contributed by atoms with Crippen LogP contribution in [0.25, 0.3) is 11.3 Å². The molecule has 7 nitrogen and oxygen atoms in total. The minimum atomic E-state index is -0.344. The van der Waals surface area contributed by atoms with E-state index >= 15 is 0 Å². The van der Waals surface area contributed by atoms with Crippen molar-refractivity contribution in [3.8, 4) is 22.8 Å². The molecular formula is C24H27N3O4. The van der Waals surface area contributed by atoms with E-state index in [2.05, 4.69) is 10.2 Å². The van der Waals surface area contributed by atoms with Gasteiger partial charge in [0.15, 0.2) is 0 Å². The second-order valence-corrected chi connectivity index (χ2v) is 7.86. The van der Waals surface area contributed by atoms with Crippen LogP contribution in [0.4, 0.5) is 0 Å². The first-order valence-corrected chi connectivity index (χ1v) is 10.3. The van der Waals surface area contributed by atoms with Gasteiger partial charge < -0.3 is 19.5 Å². The molecule has 0 saturated heterocycles. The number of aromatic hydroxyl groups is 1. The Bertz CT molecular complexity index is 1120. The number of amides is 1. The number of nitrogens with one attached hydrogen (secondary N) is 1. The Kier molecular flexibility index (Phi) is 5.69. The maximum atomic E-state index is 13.3. The number of nitrogens with zero attached hydrogens (tertiary/aromatic N) is 2. The molecule has 1 aliphatic heterocycles. The molecule has 7 heteroatoms. The number of hydrogen-bond acceptors (Lipinski definition) is 5. The molecule has 0 saturated carbocycles. The molecule has 0 radical (unpaired) electrons. The van der Waals surface area contributed by atoms with Gasteiger partial charge in [0.1, 0.15) is 22.9 Å². The van der Waals surface area contributed by atoms with Crippen molar-refractivity contribution in [3.05, 3.63) is 64.3 Å². The molecule has 0 fully saturated rings. The number of benzene rings is 2. The predicted octanol–water partition coefficient (Wildman–Crippen LogP) is 3.99. The first-order valence-electron chi connectivity index (χ1n) is 10.3. The summed E-state index contributed by atoms with van der Waals surface area (Å²) in [5.41, 5.74) is 5.15.